The van der Waals surface area contributed by atoms with E-state index in [1.54, 1.807) is 0 Å². The maximum absolute atomic E-state index is 13.9. The van der Waals surface area contributed by atoms with Crippen molar-refractivity contribution in [2.45, 2.75) is 57.5 Å². The highest BCUT2D eigenvalue weighted by molar-refractivity contribution is 5.98. The quantitative estimate of drug-likeness (QED) is 0.217. The van der Waals surface area contributed by atoms with Crippen molar-refractivity contribution in [1.82, 2.24) is 20.1 Å². The summed E-state index contributed by atoms with van der Waals surface area (Å²) in [4.78, 5) is 34.8. The Morgan fingerprint density at radius 3 is 2.50 bits per heavy atom. The Balaban J connectivity index is 1.33. The molecule has 220 valence electrons. The lowest BCUT2D eigenvalue weighted by atomic mass is 9.86. The first-order chi connectivity index (χ1) is 20.3. The monoisotopic (exact) mass is 565 g/mol. The molecule has 1 aromatic heterocycles. The Hall–Kier alpha value is -4.10. The van der Waals surface area contributed by atoms with Crippen LogP contribution in [0.3, 0.4) is 0 Å². The topological polar surface area (TPSA) is 80.5 Å². The van der Waals surface area contributed by atoms with Crippen LogP contribution >= 0.6 is 0 Å². The summed E-state index contributed by atoms with van der Waals surface area (Å²) >= 11 is 0. The molecule has 7 nitrogen and oxygen atoms in total. The molecule has 0 bridgehead atoms. The number of nitrogens with one attached hydrogen (secondary N) is 3. The van der Waals surface area contributed by atoms with E-state index in [9.17, 15) is 9.59 Å². The maximum atomic E-state index is 13.9. The van der Waals surface area contributed by atoms with Crippen LogP contribution in [0.15, 0.2) is 79.0 Å². The Labute approximate surface area is 249 Å². The molecule has 5 rings (SSSR count). The minimum absolute atomic E-state index is 0.189. The number of likely N-dealkylation sites (tertiary alicyclic amines) is 1. The van der Waals surface area contributed by atoms with Gasteiger partial charge in [0.1, 0.15) is 6.04 Å². The van der Waals surface area contributed by atoms with Gasteiger partial charge in [-0.3, -0.25) is 4.79 Å². The standard InChI is InChI=1S/C35H43N5O2/c1-5-26-12-6-7-14-29(26)27-17-19-40(20-18-27)35(42)38-33(24(2)31-22-36-32-16-9-8-15-30(31)32)34(41)37-28-13-10-11-25(21-28)23-39(3)4/h6-16,21-22,24,27,33,36H,5,17-20,23H2,1-4H3,(H,37,41)(H,38,42). The number of piperidine rings is 1. The zero-order valence-corrected chi connectivity index (χ0v) is 25.2. The van der Waals surface area contributed by atoms with Crippen molar-refractivity contribution >= 4 is 28.5 Å². The van der Waals surface area contributed by atoms with E-state index in [2.05, 4.69) is 57.8 Å². The molecule has 1 saturated heterocycles. The zero-order valence-electron chi connectivity index (χ0n) is 25.2. The maximum Gasteiger partial charge on any atom is 0.318 e. The molecule has 1 aliphatic heterocycles. The van der Waals surface area contributed by atoms with E-state index in [1.165, 1.54) is 11.1 Å². The number of nitrogens with zero attached hydrogens (tertiary/aromatic N) is 2. The van der Waals surface area contributed by atoms with Crippen molar-refractivity contribution in [3.05, 3.63) is 101 Å². The highest BCUT2D eigenvalue weighted by Gasteiger charge is 2.33. The lowest BCUT2D eigenvalue weighted by Crippen LogP contribution is -2.53. The Morgan fingerprint density at radius 2 is 1.74 bits per heavy atom. The molecule has 4 aromatic rings. The van der Waals surface area contributed by atoms with Crippen LogP contribution in [-0.2, 0) is 17.8 Å². The number of aromatic amines is 1. The van der Waals surface area contributed by atoms with Gasteiger partial charge in [0, 0.05) is 48.3 Å². The van der Waals surface area contributed by atoms with Gasteiger partial charge in [-0.15, -0.1) is 0 Å². The number of aryl methyl sites for hydroxylation is 1. The highest BCUT2D eigenvalue weighted by atomic mass is 16.2. The van der Waals surface area contributed by atoms with Crippen LogP contribution in [0, 0.1) is 0 Å². The zero-order chi connectivity index (χ0) is 29.6. The predicted octanol–water partition coefficient (Wildman–Crippen LogP) is 6.49. The van der Waals surface area contributed by atoms with Gasteiger partial charge in [-0.2, -0.15) is 0 Å². The average molecular weight is 566 g/mol. The van der Waals surface area contributed by atoms with Crippen LogP contribution in [0.4, 0.5) is 10.5 Å². The molecule has 3 amide bonds. The van der Waals surface area contributed by atoms with E-state index in [0.717, 1.165) is 53.5 Å². The molecule has 0 radical (unpaired) electrons. The molecule has 7 heteroatoms. The SMILES string of the molecule is CCc1ccccc1C1CCN(C(=O)NC(C(=O)Nc2cccc(CN(C)C)c2)C(C)c2c[nH]c3ccccc23)CC1. The molecule has 3 aromatic carbocycles. The number of urea groups is 1. The number of hydrogen-bond acceptors (Lipinski definition) is 3. The van der Waals surface area contributed by atoms with Crippen LogP contribution in [0.5, 0.6) is 0 Å². The fourth-order valence-electron chi connectivity index (χ4n) is 6.27. The van der Waals surface area contributed by atoms with Crippen LogP contribution in [0.25, 0.3) is 10.9 Å². The van der Waals surface area contributed by atoms with Gasteiger partial charge in [-0.1, -0.05) is 68.4 Å². The number of rotatable bonds is 9. The van der Waals surface area contributed by atoms with E-state index in [0.29, 0.717) is 19.0 Å². The van der Waals surface area contributed by atoms with Gasteiger partial charge in [0.2, 0.25) is 5.91 Å². The highest BCUT2D eigenvalue weighted by Crippen LogP contribution is 2.32. The molecular weight excluding hydrogens is 522 g/mol. The van der Waals surface area contributed by atoms with E-state index < -0.39 is 6.04 Å². The number of carbonyl (C=O) groups is 2. The Morgan fingerprint density at radius 1 is 1.00 bits per heavy atom. The summed E-state index contributed by atoms with van der Waals surface area (Å²) in [6.07, 6.45) is 4.80. The van der Waals surface area contributed by atoms with Crippen molar-refractivity contribution < 1.29 is 9.59 Å². The fourth-order valence-corrected chi connectivity index (χ4v) is 6.27. The number of aromatic nitrogens is 1. The minimum Gasteiger partial charge on any atom is -0.361 e. The lowest BCUT2D eigenvalue weighted by Gasteiger charge is -2.34. The van der Waals surface area contributed by atoms with Crippen LogP contribution in [0.2, 0.25) is 0 Å². The van der Waals surface area contributed by atoms with Gasteiger partial charge in [0.15, 0.2) is 0 Å². The molecule has 1 aliphatic rings. The summed E-state index contributed by atoms with van der Waals surface area (Å²) in [7, 11) is 4.04. The Kier molecular flexibility index (Phi) is 9.28. The third-order valence-electron chi connectivity index (χ3n) is 8.52. The largest absolute Gasteiger partial charge is 0.361 e. The van der Waals surface area contributed by atoms with Crippen LogP contribution in [-0.4, -0.2) is 59.9 Å². The number of anilines is 1. The van der Waals surface area contributed by atoms with Gasteiger partial charge in [0.05, 0.1) is 0 Å². The van der Waals surface area contributed by atoms with Crippen molar-refractivity contribution in [3.63, 3.8) is 0 Å². The summed E-state index contributed by atoms with van der Waals surface area (Å²) < 4.78 is 0. The van der Waals surface area contributed by atoms with E-state index in [1.807, 2.05) is 74.6 Å². The van der Waals surface area contributed by atoms with Gasteiger partial charge in [0.25, 0.3) is 0 Å². The summed E-state index contributed by atoms with van der Waals surface area (Å²) in [5, 5.41) is 7.29. The molecule has 3 N–H and O–H groups in total. The first-order valence-corrected chi connectivity index (χ1v) is 15.1. The van der Waals surface area contributed by atoms with E-state index in [-0.39, 0.29) is 17.9 Å². The number of amides is 3. The van der Waals surface area contributed by atoms with Gasteiger partial charge < -0.3 is 25.4 Å². The number of fused-ring (bicyclic) bond motifs is 1. The first kappa shape index (κ1) is 29.4. The van der Waals surface area contributed by atoms with E-state index in [4.69, 9.17) is 0 Å². The van der Waals surface area contributed by atoms with Crippen molar-refractivity contribution in [1.29, 1.82) is 0 Å². The number of hydrogen-bond donors (Lipinski definition) is 3. The molecule has 1 fully saturated rings. The summed E-state index contributed by atoms with van der Waals surface area (Å²) in [6.45, 7) is 6.30. The number of H-pyrrole nitrogens is 1. The average Bonchev–Trinajstić information content (AvgIpc) is 3.43. The van der Waals surface area contributed by atoms with Crippen molar-refractivity contribution in [2.24, 2.45) is 0 Å². The fraction of sp³-hybridized carbons (Fsp3) is 0.371. The summed E-state index contributed by atoms with van der Waals surface area (Å²) in [5.41, 5.74) is 6.63. The number of benzene rings is 3. The molecule has 0 saturated carbocycles. The summed E-state index contributed by atoms with van der Waals surface area (Å²) in [6, 6.07) is 23.7. The molecular formula is C35H43N5O2. The van der Waals surface area contributed by atoms with Crippen LogP contribution < -0.4 is 10.6 Å². The normalized spacial score (nSPS) is 15.5. The third-order valence-corrected chi connectivity index (χ3v) is 8.52. The minimum atomic E-state index is -0.757. The van der Waals surface area contributed by atoms with E-state index >= 15 is 0 Å². The molecule has 2 unspecified atom stereocenters. The molecule has 2 heterocycles. The Bertz CT molecular complexity index is 1520. The second-order valence-electron chi connectivity index (χ2n) is 11.7. The van der Waals surface area contributed by atoms with Crippen molar-refractivity contribution in [2.75, 3.05) is 32.5 Å². The second-order valence-corrected chi connectivity index (χ2v) is 11.7. The number of para-hydroxylation sites is 1. The first-order valence-electron chi connectivity index (χ1n) is 15.1. The van der Waals surface area contributed by atoms with Gasteiger partial charge in [-0.25, -0.2) is 4.79 Å². The van der Waals surface area contributed by atoms with Gasteiger partial charge >= 0.3 is 6.03 Å². The van der Waals surface area contributed by atoms with Gasteiger partial charge in [-0.05, 0) is 79.7 Å². The molecule has 0 spiro atoms. The van der Waals surface area contributed by atoms with Crippen molar-refractivity contribution in [3.8, 4) is 0 Å². The number of carbonyl (C=O) groups excluding carboxylic acids is 2. The molecule has 42 heavy (non-hydrogen) atoms. The predicted molar refractivity (Wildman–Crippen MR) is 171 cm³/mol. The summed E-state index contributed by atoms with van der Waals surface area (Å²) in [5.74, 6) is -0.0391. The molecule has 0 aliphatic carbocycles. The van der Waals surface area contributed by atoms with Crippen LogP contribution in [0.1, 0.15) is 60.8 Å². The lowest BCUT2D eigenvalue weighted by molar-refractivity contribution is -0.118. The smallest absolute Gasteiger partial charge is 0.318 e. The second kappa shape index (κ2) is 13.3. The molecule has 2 atom stereocenters. The third kappa shape index (κ3) is 6.68.